The molecule has 1 fully saturated rings. The Hall–Kier alpha value is -1.89. The van der Waals surface area contributed by atoms with Gasteiger partial charge in [0.05, 0.1) is 0 Å². The highest BCUT2D eigenvalue weighted by Gasteiger charge is 2.52. The van der Waals surface area contributed by atoms with E-state index in [-0.39, 0.29) is 5.41 Å². The molecule has 0 saturated heterocycles. The predicted molar refractivity (Wildman–Crippen MR) is 93.9 cm³/mol. The number of carbonyl (C=O) groups is 1. The minimum Gasteiger partial charge on any atom is -0.294 e. The number of Topliss-reactive ketones (excluding diaryl/α,β-unsaturated/α-hetero) is 1. The number of aryl methyl sites for hydroxylation is 1. The second-order valence-corrected chi connectivity index (χ2v) is 7.66. The quantitative estimate of drug-likeness (QED) is 0.661. The summed E-state index contributed by atoms with van der Waals surface area (Å²) in [6.45, 7) is 2.22. The molecular weight excluding hydrogens is 280 g/mol. The number of hydrogen-bond acceptors (Lipinski definition) is 1. The first kappa shape index (κ1) is 13.5. The second kappa shape index (κ2) is 4.56. The van der Waals surface area contributed by atoms with Crippen LogP contribution in [0.1, 0.15) is 54.1 Å². The van der Waals surface area contributed by atoms with Gasteiger partial charge in [-0.05, 0) is 71.6 Å². The molecule has 0 aromatic heterocycles. The van der Waals surface area contributed by atoms with Gasteiger partial charge in [-0.25, -0.2) is 0 Å². The minimum atomic E-state index is 0.234. The number of allylic oxidation sites excluding steroid dienone is 2. The van der Waals surface area contributed by atoms with Gasteiger partial charge in [-0.1, -0.05) is 37.3 Å². The monoisotopic (exact) mass is 302 g/mol. The van der Waals surface area contributed by atoms with E-state index in [1.54, 1.807) is 0 Å². The van der Waals surface area contributed by atoms with Gasteiger partial charge in [-0.15, -0.1) is 0 Å². The van der Waals surface area contributed by atoms with Gasteiger partial charge in [0.15, 0.2) is 5.78 Å². The summed E-state index contributed by atoms with van der Waals surface area (Å²) in [5.74, 6) is 1.73. The van der Waals surface area contributed by atoms with Crippen LogP contribution in [0.2, 0.25) is 0 Å². The number of fused-ring (bicyclic) bond motifs is 6. The average molecular weight is 302 g/mol. The van der Waals surface area contributed by atoms with Crippen molar-refractivity contribution >= 4 is 16.6 Å². The van der Waals surface area contributed by atoms with Gasteiger partial charge in [0.1, 0.15) is 0 Å². The Labute approximate surface area is 137 Å². The molecule has 1 heteroatoms. The van der Waals surface area contributed by atoms with Crippen LogP contribution in [0.25, 0.3) is 10.8 Å². The zero-order valence-corrected chi connectivity index (χ0v) is 13.6. The van der Waals surface area contributed by atoms with Crippen LogP contribution in [0.15, 0.2) is 42.5 Å². The van der Waals surface area contributed by atoms with E-state index in [0.717, 1.165) is 30.7 Å². The normalized spacial score (nSPS) is 31.3. The molecule has 3 atom stereocenters. The Bertz CT molecular complexity index is 860. The van der Waals surface area contributed by atoms with Crippen LogP contribution in [0.5, 0.6) is 0 Å². The average Bonchev–Trinajstić information content (AvgIpc) is 3.18. The first-order chi connectivity index (χ1) is 11.2. The fourth-order valence-electron chi connectivity index (χ4n) is 5.50. The van der Waals surface area contributed by atoms with Crippen molar-refractivity contribution in [3.63, 3.8) is 0 Å². The summed E-state index contributed by atoms with van der Waals surface area (Å²) in [6.07, 6.45) is 10.2. The lowest BCUT2D eigenvalue weighted by atomic mass is 9.62. The Kier molecular flexibility index (Phi) is 2.69. The summed E-state index contributed by atoms with van der Waals surface area (Å²) in [6, 6.07) is 11.1. The van der Waals surface area contributed by atoms with Crippen molar-refractivity contribution in [1.29, 1.82) is 0 Å². The maximum Gasteiger partial charge on any atom is 0.163 e. The standard InChI is InChI=1S/C22H22O/c1-2-15-4-3-5-16-11-19-20(12-18(15)16)22(9-8-21(19)23)13-14-6-7-17(22)10-14/h3-7,11-12,14,17H,2,8-10,13H2,1H3. The van der Waals surface area contributed by atoms with Crippen molar-refractivity contribution in [3.05, 3.63) is 59.2 Å². The molecule has 3 aliphatic carbocycles. The number of benzene rings is 2. The lowest BCUT2D eigenvalue weighted by Crippen LogP contribution is -2.36. The molecule has 0 N–H and O–H groups in total. The highest BCUT2D eigenvalue weighted by molar-refractivity contribution is 6.03. The molecule has 3 unspecified atom stereocenters. The van der Waals surface area contributed by atoms with Crippen molar-refractivity contribution in [2.45, 2.75) is 44.4 Å². The summed E-state index contributed by atoms with van der Waals surface area (Å²) in [5, 5.41) is 2.58. The molecule has 1 spiro atoms. The first-order valence-corrected chi connectivity index (χ1v) is 8.99. The van der Waals surface area contributed by atoms with E-state index >= 15 is 0 Å². The summed E-state index contributed by atoms with van der Waals surface area (Å²) >= 11 is 0. The highest BCUT2D eigenvalue weighted by atomic mass is 16.1. The largest absolute Gasteiger partial charge is 0.294 e. The maximum absolute atomic E-state index is 12.6. The van der Waals surface area contributed by atoms with E-state index in [1.807, 2.05) is 0 Å². The molecule has 116 valence electrons. The van der Waals surface area contributed by atoms with Crippen LogP contribution in [0, 0.1) is 11.8 Å². The third kappa shape index (κ3) is 1.71. The van der Waals surface area contributed by atoms with Crippen molar-refractivity contribution < 1.29 is 4.79 Å². The molecule has 1 nitrogen and oxygen atoms in total. The Morgan fingerprint density at radius 1 is 1.22 bits per heavy atom. The summed E-state index contributed by atoms with van der Waals surface area (Å²) in [4.78, 5) is 12.6. The van der Waals surface area contributed by atoms with Crippen molar-refractivity contribution in [1.82, 2.24) is 0 Å². The van der Waals surface area contributed by atoms with Gasteiger partial charge in [-0.3, -0.25) is 4.79 Å². The number of rotatable bonds is 1. The van der Waals surface area contributed by atoms with E-state index in [0.29, 0.717) is 11.7 Å². The second-order valence-electron chi connectivity index (χ2n) is 7.66. The van der Waals surface area contributed by atoms with Crippen LogP contribution >= 0.6 is 0 Å². The molecular formula is C22H22O. The molecule has 0 radical (unpaired) electrons. The summed E-state index contributed by atoms with van der Waals surface area (Å²) in [5.41, 5.74) is 4.01. The Morgan fingerprint density at radius 3 is 2.87 bits per heavy atom. The molecule has 2 aromatic rings. The third-order valence-electron chi connectivity index (χ3n) is 6.63. The van der Waals surface area contributed by atoms with Gasteiger partial charge in [0.2, 0.25) is 0 Å². The maximum atomic E-state index is 12.6. The highest BCUT2D eigenvalue weighted by Crippen LogP contribution is 2.58. The molecule has 5 rings (SSSR count). The van der Waals surface area contributed by atoms with Gasteiger partial charge in [-0.2, -0.15) is 0 Å². The topological polar surface area (TPSA) is 17.1 Å². The van der Waals surface area contributed by atoms with Crippen LogP contribution in [0.3, 0.4) is 0 Å². The zero-order chi connectivity index (χ0) is 15.6. The Morgan fingerprint density at radius 2 is 2.13 bits per heavy atom. The zero-order valence-electron chi connectivity index (χ0n) is 13.6. The summed E-state index contributed by atoms with van der Waals surface area (Å²) < 4.78 is 0. The molecule has 2 aromatic carbocycles. The van der Waals surface area contributed by atoms with Crippen LogP contribution in [-0.4, -0.2) is 5.78 Å². The molecule has 1 saturated carbocycles. The van der Waals surface area contributed by atoms with E-state index in [9.17, 15) is 4.79 Å². The number of hydrogen-bond donors (Lipinski definition) is 0. The lowest BCUT2D eigenvalue weighted by molar-refractivity contribution is 0.0944. The predicted octanol–water partition coefficient (Wildman–Crippen LogP) is 5.21. The van der Waals surface area contributed by atoms with E-state index in [4.69, 9.17) is 0 Å². The first-order valence-electron chi connectivity index (χ1n) is 8.99. The van der Waals surface area contributed by atoms with Crippen LogP contribution < -0.4 is 0 Å². The van der Waals surface area contributed by atoms with Crippen molar-refractivity contribution in [2.24, 2.45) is 11.8 Å². The molecule has 23 heavy (non-hydrogen) atoms. The third-order valence-corrected chi connectivity index (χ3v) is 6.63. The smallest absolute Gasteiger partial charge is 0.163 e. The van der Waals surface area contributed by atoms with E-state index < -0.39 is 0 Å². The molecule has 0 heterocycles. The Balaban J connectivity index is 1.81. The molecule has 0 amide bonds. The van der Waals surface area contributed by atoms with Gasteiger partial charge < -0.3 is 0 Å². The van der Waals surface area contributed by atoms with Crippen molar-refractivity contribution in [3.8, 4) is 0 Å². The van der Waals surface area contributed by atoms with Crippen LogP contribution in [-0.2, 0) is 11.8 Å². The number of ketones is 1. The fourth-order valence-corrected chi connectivity index (χ4v) is 5.50. The van der Waals surface area contributed by atoms with E-state index in [2.05, 4.69) is 49.4 Å². The SMILES string of the molecule is CCc1cccc2cc3c(cc12)C1(CCC3=O)CC2C=CC1C2. The number of carbonyl (C=O) groups excluding carboxylic acids is 1. The van der Waals surface area contributed by atoms with Gasteiger partial charge >= 0.3 is 0 Å². The molecule has 0 aliphatic heterocycles. The molecule has 3 aliphatic rings. The van der Waals surface area contributed by atoms with Crippen LogP contribution in [0.4, 0.5) is 0 Å². The minimum absolute atomic E-state index is 0.234. The molecule has 2 bridgehead atoms. The van der Waals surface area contributed by atoms with E-state index in [1.165, 1.54) is 34.7 Å². The van der Waals surface area contributed by atoms with Gasteiger partial charge in [0, 0.05) is 17.4 Å². The fraction of sp³-hybridized carbons (Fsp3) is 0.409. The summed E-state index contributed by atoms with van der Waals surface area (Å²) in [7, 11) is 0. The van der Waals surface area contributed by atoms with Gasteiger partial charge in [0.25, 0.3) is 0 Å². The van der Waals surface area contributed by atoms with Crippen molar-refractivity contribution in [2.75, 3.05) is 0 Å². The lowest BCUT2D eigenvalue weighted by Gasteiger charge is -2.41.